The van der Waals surface area contributed by atoms with E-state index in [1.165, 1.54) is 24.3 Å². The van der Waals surface area contributed by atoms with E-state index in [4.69, 9.17) is 9.47 Å². The quantitative estimate of drug-likeness (QED) is 0.423. The molecule has 3 aliphatic rings. The zero-order valence-corrected chi connectivity index (χ0v) is 20.4. The van der Waals surface area contributed by atoms with E-state index in [1.807, 2.05) is 0 Å². The van der Waals surface area contributed by atoms with Gasteiger partial charge in [0.25, 0.3) is 27.7 Å². The smallest absolute Gasteiger partial charge is 0.377 e. The maximum Gasteiger partial charge on any atom is 0.377 e. The summed E-state index contributed by atoms with van der Waals surface area (Å²) in [5.41, 5.74) is -2.44. The largest absolute Gasteiger partial charge is 0.427 e. The predicted octanol–water partition coefficient (Wildman–Crippen LogP) is -1.34. The highest BCUT2D eigenvalue weighted by Gasteiger charge is 2.77. The van der Waals surface area contributed by atoms with Gasteiger partial charge in [0.1, 0.15) is 0 Å². The fourth-order valence-corrected chi connectivity index (χ4v) is 4.75. The van der Waals surface area contributed by atoms with Gasteiger partial charge < -0.3 is 4.74 Å². The van der Waals surface area contributed by atoms with Crippen molar-refractivity contribution < 1.29 is 46.7 Å². The number of aryl methyl sites for hydroxylation is 1. The van der Waals surface area contributed by atoms with Crippen molar-refractivity contribution in [1.29, 1.82) is 0 Å². The maximum atomic E-state index is 13.3. The maximum absolute atomic E-state index is 13.3. The first-order valence-corrected chi connectivity index (χ1v) is 11.6. The summed E-state index contributed by atoms with van der Waals surface area (Å²) >= 11 is 0. The molecule has 3 fully saturated rings. The average Bonchev–Trinajstić information content (AvgIpc) is 3.18. The van der Waals surface area contributed by atoms with Gasteiger partial charge in [0.2, 0.25) is 0 Å². The first kappa shape index (κ1) is 24.9. The third kappa shape index (κ3) is 3.07. The number of barbiturate groups is 2. The van der Waals surface area contributed by atoms with Crippen LogP contribution in [-0.4, -0.2) is 109 Å². The van der Waals surface area contributed by atoms with Gasteiger partial charge in [-0.15, -0.1) is 4.40 Å². The summed E-state index contributed by atoms with van der Waals surface area (Å²) in [6.07, 6.45) is 0. The van der Waals surface area contributed by atoms with Crippen LogP contribution in [0.5, 0.6) is 0 Å². The van der Waals surface area contributed by atoms with Crippen LogP contribution < -0.4 is 0 Å². The molecule has 15 nitrogen and oxygen atoms in total. The third-order valence-electron chi connectivity index (χ3n) is 5.89. The molecule has 36 heavy (non-hydrogen) atoms. The molecular formula is C20H19N5O10S. The first-order valence-electron chi connectivity index (χ1n) is 10.1. The summed E-state index contributed by atoms with van der Waals surface area (Å²) in [5.74, 6) is -10.3. The van der Waals surface area contributed by atoms with Gasteiger partial charge in [0.15, 0.2) is 0 Å². The van der Waals surface area contributed by atoms with Crippen LogP contribution in [0.4, 0.5) is 9.59 Å². The third-order valence-corrected chi connectivity index (χ3v) is 7.17. The summed E-state index contributed by atoms with van der Waals surface area (Å²) in [6.45, 7) is 1.70. The Labute approximate surface area is 203 Å². The lowest BCUT2D eigenvalue weighted by Crippen LogP contribution is -2.72. The van der Waals surface area contributed by atoms with E-state index in [-0.39, 0.29) is 4.90 Å². The minimum Gasteiger partial charge on any atom is -0.427 e. The zero-order valence-electron chi connectivity index (χ0n) is 19.5. The number of likely N-dealkylation sites (N-methyl/N-ethyl adjacent to an activating group) is 4. The van der Waals surface area contributed by atoms with Crippen molar-refractivity contribution >= 4 is 51.6 Å². The van der Waals surface area contributed by atoms with Crippen molar-refractivity contribution in [1.82, 2.24) is 19.6 Å². The number of benzene rings is 1. The Morgan fingerprint density at radius 3 is 1.58 bits per heavy atom. The van der Waals surface area contributed by atoms with Crippen molar-refractivity contribution in [2.24, 2.45) is 4.40 Å². The molecule has 1 aromatic rings. The molecule has 0 unspecified atom stereocenters. The molecule has 16 heteroatoms. The summed E-state index contributed by atoms with van der Waals surface area (Å²) in [6, 6.07) is 3.10. The highest BCUT2D eigenvalue weighted by atomic mass is 32.2. The van der Waals surface area contributed by atoms with Crippen LogP contribution in [0.25, 0.3) is 0 Å². The minimum absolute atomic E-state index is 0.375. The molecule has 190 valence electrons. The Bertz CT molecular complexity index is 1350. The zero-order chi connectivity index (χ0) is 27.0. The summed E-state index contributed by atoms with van der Waals surface area (Å²) < 4.78 is 40.5. The SMILES string of the molecule is Cc1ccc(S(=O)(=O)/N=C2/OC3(OC24C(=O)N(C)C(=O)N(C)C4=O)C(=O)N(C)C(=O)N(C)C3=O)cc1. The molecule has 0 N–H and O–H groups in total. The van der Waals surface area contributed by atoms with Gasteiger partial charge in [0, 0.05) is 28.2 Å². The summed E-state index contributed by atoms with van der Waals surface area (Å²) in [7, 11) is -0.856. The fraction of sp³-hybridized carbons (Fsp3) is 0.350. The molecule has 0 atom stereocenters. The van der Waals surface area contributed by atoms with E-state index in [1.54, 1.807) is 6.92 Å². The van der Waals surface area contributed by atoms with Crippen molar-refractivity contribution in [3.8, 4) is 0 Å². The predicted molar refractivity (Wildman–Crippen MR) is 115 cm³/mol. The number of sulfonamides is 1. The lowest BCUT2D eigenvalue weighted by molar-refractivity contribution is -0.216. The van der Waals surface area contributed by atoms with Gasteiger partial charge in [-0.2, -0.15) is 8.42 Å². The van der Waals surface area contributed by atoms with Crippen LogP contribution in [0.3, 0.4) is 0 Å². The number of amides is 8. The first-order chi connectivity index (χ1) is 16.6. The van der Waals surface area contributed by atoms with Crippen LogP contribution >= 0.6 is 0 Å². The summed E-state index contributed by atoms with van der Waals surface area (Å²) in [5, 5.41) is 0. The number of ether oxygens (including phenoxy) is 2. The molecule has 3 saturated heterocycles. The number of hydrogen-bond donors (Lipinski definition) is 0. The van der Waals surface area contributed by atoms with Gasteiger partial charge in [-0.1, -0.05) is 17.7 Å². The normalized spacial score (nSPS) is 23.0. The van der Waals surface area contributed by atoms with Gasteiger partial charge in [-0.05, 0) is 19.1 Å². The molecule has 0 saturated carbocycles. The molecule has 4 rings (SSSR count). The van der Waals surface area contributed by atoms with Crippen LogP contribution in [-0.2, 0) is 38.7 Å². The lowest BCUT2D eigenvalue weighted by atomic mass is 9.98. The molecule has 1 aromatic carbocycles. The highest BCUT2D eigenvalue weighted by molar-refractivity contribution is 7.90. The van der Waals surface area contributed by atoms with Gasteiger partial charge in [-0.3, -0.25) is 43.5 Å². The number of urea groups is 2. The lowest BCUT2D eigenvalue weighted by Gasteiger charge is -2.39. The Hall–Kier alpha value is -4.18. The van der Waals surface area contributed by atoms with E-state index >= 15 is 0 Å². The molecule has 0 aromatic heterocycles. The van der Waals surface area contributed by atoms with E-state index in [9.17, 15) is 37.2 Å². The fourth-order valence-electron chi connectivity index (χ4n) is 3.78. The molecule has 0 bridgehead atoms. The second-order valence-electron chi connectivity index (χ2n) is 8.21. The number of carbonyl (C=O) groups is 6. The van der Waals surface area contributed by atoms with E-state index in [0.717, 1.165) is 28.2 Å². The van der Waals surface area contributed by atoms with E-state index in [0.29, 0.717) is 25.2 Å². The number of carbonyl (C=O) groups excluding carboxylic acids is 6. The second-order valence-corrected chi connectivity index (χ2v) is 9.81. The van der Waals surface area contributed by atoms with Crippen LogP contribution in [0.15, 0.2) is 33.6 Å². The summed E-state index contributed by atoms with van der Waals surface area (Å²) in [4.78, 5) is 78.7. The number of hydrogen-bond acceptors (Lipinski definition) is 10. The Morgan fingerprint density at radius 2 is 1.14 bits per heavy atom. The van der Waals surface area contributed by atoms with Gasteiger partial charge in [0.05, 0.1) is 4.90 Å². The molecule has 0 aliphatic carbocycles. The van der Waals surface area contributed by atoms with Gasteiger partial charge in [-0.25, -0.2) is 9.59 Å². The molecule has 3 aliphatic heterocycles. The Morgan fingerprint density at radius 1 is 0.722 bits per heavy atom. The van der Waals surface area contributed by atoms with Crippen molar-refractivity contribution in [3.05, 3.63) is 29.8 Å². The van der Waals surface area contributed by atoms with Crippen molar-refractivity contribution in [3.63, 3.8) is 0 Å². The highest BCUT2D eigenvalue weighted by Crippen LogP contribution is 2.42. The van der Waals surface area contributed by atoms with Crippen LogP contribution in [0, 0.1) is 6.92 Å². The Balaban J connectivity index is 1.99. The molecular weight excluding hydrogens is 502 g/mol. The van der Waals surface area contributed by atoms with E-state index in [2.05, 4.69) is 4.40 Å². The van der Waals surface area contributed by atoms with Crippen molar-refractivity contribution in [2.45, 2.75) is 23.2 Å². The van der Waals surface area contributed by atoms with Crippen molar-refractivity contribution in [2.75, 3.05) is 28.2 Å². The topological polar surface area (TPSA) is 180 Å². The second kappa shape index (κ2) is 7.66. The molecule has 2 spiro atoms. The molecule has 8 amide bonds. The van der Waals surface area contributed by atoms with Crippen LogP contribution in [0.2, 0.25) is 0 Å². The number of rotatable bonds is 2. The standard InChI is InChI=1S/C20H19N5O10S/c1-10-6-8-11(9-7-10)36(32,33)21-12-19(13(26)22(2)17(30)23(3)14(19)27)35-20(34-12)15(28)24(4)18(31)25(5)16(20)29/h6-9H,1-5H3/b21-12+. The number of nitrogens with zero attached hydrogens (tertiary/aromatic N) is 5. The Kier molecular flexibility index (Phi) is 5.30. The minimum atomic E-state index is -4.72. The average molecular weight is 521 g/mol. The van der Waals surface area contributed by atoms with Gasteiger partial charge >= 0.3 is 35.3 Å². The monoisotopic (exact) mass is 521 g/mol. The molecule has 3 heterocycles. The van der Waals surface area contributed by atoms with Crippen LogP contribution in [0.1, 0.15) is 5.56 Å². The van der Waals surface area contributed by atoms with E-state index < -0.39 is 63.0 Å². The number of imide groups is 4. The molecule has 0 radical (unpaired) electrons.